The third-order valence-corrected chi connectivity index (χ3v) is 6.33. The van der Waals surface area contributed by atoms with Crippen molar-refractivity contribution in [1.82, 2.24) is 0 Å². The van der Waals surface area contributed by atoms with Gasteiger partial charge in [0.2, 0.25) is 0 Å². The van der Waals surface area contributed by atoms with Gasteiger partial charge >= 0.3 is 0 Å². The number of halogens is 4. The van der Waals surface area contributed by atoms with Crippen LogP contribution in [0.25, 0.3) is 0 Å². The minimum Gasteiger partial charge on any atom is -0.490 e. The van der Waals surface area contributed by atoms with Crippen LogP contribution in [-0.4, -0.2) is 12.8 Å². The van der Waals surface area contributed by atoms with Crippen molar-refractivity contribution in [3.63, 3.8) is 0 Å². The molecule has 5 heteroatoms. The average Bonchev–Trinajstić information content (AvgIpc) is 2.63. The topological polar surface area (TPSA) is 9.23 Å². The van der Waals surface area contributed by atoms with Crippen LogP contribution < -0.4 is 4.74 Å². The number of ether oxygens (including phenoxy) is 1. The van der Waals surface area contributed by atoms with E-state index in [4.69, 9.17) is 16.3 Å². The molecular weight excluding hydrogens is 361 g/mol. The molecule has 0 N–H and O–H groups in total. The molecule has 2 aliphatic rings. The summed E-state index contributed by atoms with van der Waals surface area (Å²) in [5.74, 6) is -1.81. The van der Waals surface area contributed by atoms with Gasteiger partial charge in [0, 0.05) is 21.9 Å². The van der Waals surface area contributed by atoms with E-state index in [1.807, 2.05) is 19.1 Å². The van der Waals surface area contributed by atoms with E-state index >= 15 is 4.39 Å². The first-order valence-corrected chi connectivity index (χ1v) is 9.30. The summed E-state index contributed by atoms with van der Waals surface area (Å²) in [6, 6.07) is 9.46. The molecule has 4 atom stereocenters. The van der Waals surface area contributed by atoms with Crippen LogP contribution in [0.2, 0.25) is 5.02 Å². The fourth-order valence-corrected chi connectivity index (χ4v) is 4.80. The van der Waals surface area contributed by atoms with Crippen molar-refractivity contribution in [2.75, 3.05) is 6.61 Å². The fourth-order valence-electron chi connectivity index (χ4n) is 4.68. The van der Waals surface area contributed by atoms with Crippen molar-refractivity contribution in [1.29, 1.82) is 0 Å². The normalized spacial score (nSPS) is 30.3. The second-order valence-corrected chi connectivity index (χ2v) is 8.01. The van der Waals surface area contributed by atoms with Crippen LogP contribution in [-0.2, 0) is 11.8 Å². The molecule has 1 heterocycles. The average molecular weight is 381 g/mol. The summed E-state index contributed by atoms with van der Waals surface area (Å²) in [5, 5.41) is 0.605. The van der Waals surface area contributed by atoms with Crippen LogP contribution in [0.1, 0.15) is 30.9 Å². The first kappa shape index (κ1) is 17.7. The standard InChI is InChI=1S/C21H20ClF3O/c1-12-8-9-21(10-13-2-4-14(22)5-3-13)15(19(12)25)11-26-20-17(24)7-6-16(23)18(20)21/h2-7,12,15,19H,8-11H2,1H3/t12-,15-,19+,21-/m0/s1. The van der Waals surface area contributed by atoms with Gasteiger partial charge in [-0.2, -0.15) is 0 Å². The highest BCUT2D eigenvalue weighted by atomic mass is 35.5. The number of benzene rings is 2. The molecule has 1 fully saturated rings. The van der Waals surface area contributed by atoms with Gasteiger partial charge in [0.1, 0.15) is 12.0 Å². The van der Waals surface area contributed by atoms with Gasteiger partial charge in [-0.1, -0.05) is 30.7 Å². The van der Waals surface area contributed by atoms with Crippen LogP contribution in [0.5, 0.6) is 5.75 Å². The van der Waals surface area contributed by atoms with E-state index in [0.29, 0.717) is 24.3 Å². The molecule has 138 valence electrons. The Balaban J connectivity index is 1.88. The van der Waals surface area contributed by atoms with Gasteiger partial charge in [-0.05, 0) is 55.0 Å². The summed E-state index contributed by atoms with van der Waals surface area (Å²) in [4.78, 5) is 0. The SMILES string of the molecule is C[C@H]1CC[C@@]2(Cc3ccc(Cl)cc3)c3c(F)ccc(F)c3OC[C@H]2[C@@H]1F. The van der Waals surface area contributed by atoms with Crippen LogP contribution in [0, 0.1) is 23.5 Å². The Hall–Kier alpha value is -1.68. The molecule has 26 heavy (non-hydrogen) atoms. The van der Waals surface area contributed by atoms with Crippen molar-refractivity contribution in [2.45, 2.75) is 37.8 Å². The van der Waals surface area contributed by atoms with Gasteiger partial charge in [0.25, 0.3) is 0 Å². The number of rotatable bonds is 2. The fraction of sp³-hybridized carbons (Fsp3) is 0.429. The van der Waals surface area contributed by atoms with E-state index in [1.54, 1.807) is 12.1 Å². The molecule has 1 aliphatic heterocycles. The Labute approximate surface area is 156 Å². The molecule has 0 unspecified atom stereocenters. The largest absolute Gasteiger partial charge is 0.490 e. The summed E-state index contributed by atoms with van der Waals surface area (Å²) in [6.07, 6.45) is 0.532. The summed E-state index contributed by atoms with van der Waals surface area (Å²) < 4.78 is 49.9. The summed E-state index contributed by atoms with van der Waals surface area (Å²) in [5.41, 5.74) is 0.301. The Morgan fingerprint density at radius 1 is 1.12 bits per heavy atom. The molecule has 0 saturated heterocycles. The summed E-state index contributed by atoms with van der Waals surface area (Å²) in [6.45, 7) is 1.93. The molecule has 1 aliphatic carbocycles. The number of fused-ring (bicyclic) bond motifs is 3. The van der Waals surface area contributed by atoms with Gasteiger partial charge in [-0.3, -0.25) is 0 Å². The van der Waals surface area contributed by atoms with Crippen LogP contribution in [0.15, 0.2) is 36.4 Å². The summed E-state index contributed by atoms with van der Waals surface area (Å²) >= 11 is 5.97. The first-order chi connectivity index (χ1) is 12.4. The maximum Gasteiger partial charge on any atom is 0.165 e. The lowest BCUT2D eigenvalue weighted by Gasteiger charge is -2.51. The van der Waals surface area contributed by atoms with Gasteiger partial charge in [-0.15, -0.1) is 0 Å². The molecule has 2 aromatic carbocycles. The molecule has 4 rings (SSSR count). The Morgan fingerprint density at radius 2 is 1.81 bits per heavy atom. The van der Waals surface area contributed by atoms with Crippen molar-refractivity contribution in [2.24, 2.45) is 11.8 Å². The second kappa shape index (κ2) is 6.49. The van der Waals surface area contributed by atoms with E-state index in [2.05, 4.69) is 0 Å². The first-order valence-electron chi connectivity index (χ1n) is 8.92. The molecule has 1 saturated carbocycles. The molecule has 0 aromatic heterocycles. The maximum absolute atomic E-state index is 15.1. The number of hydrogen-bond acceptors (Lipinski definition) is 1. The molecular formula is C21H20ClF3O. The van der Waals surface area contributed by atoms with Gasteiger partial charge in [0.15, 0.2) is 11.6 Å². The predicted octanol–water partition coefficient (Wildman–Crippen LogP) is 5.88. The predicted molar refractivity (Wildman–Crippen MR) is 95.5 cm³/mol. The lowest BCUT2D eigenvalue weighted by Crippen LogP contribution is -2.54. The van der Waals surface area contributed by atoms with E-state index in [0.717, 1.165) is 17.7 Å². The zero-order chi connectivity index (χ0) is 18.5. The molecule has 1 nitrogen and oxygen atoms in total. The molecule has 0 bridgehead atoms. The van der Waals surface area contributed by atoms with Gasteiger partial charge in [-0.25, -0.2) is 13.2 Å². The lowest BCUT2D eigenvalue weighted by molar-refractivity contribution is -0.0135. The molecule has 0 radical (unpaired) electrons. The van der Waals surface area contributed by atoms with E-state index in [9.17, 15) is 8.78 Å². The quantitative estimate of drug-likeness (QED) is 0.632. The van der Waals surface area contributed by atoms with E-state index in [-0.39, 0.29) is 23.8 Å². The van der Waals surface area contributed by atoms with Crippen LogP contribution in [0.4, 0.5) is 13.2 Å². The number of alkyl halides is 1. The third kappa shape index (κ3) is 2.70. The molecule has 2 aromatic rings. The van der Waals surface area contributed by atoms with Crippen LogP contribution >= 0.6 is 11.6 Å². The monoisotopic (exact) mass is 380 g/mol. The third-order valence-electron chi connectivity index (χ3n) is 6.08. The maximum atomic E-state index is 15.1. The van der Waals surface area contributed by atoms with Crippen molar-refractivity contribution in [3.05, 3.63) is 64.2 Å². The zero-order valence-electron chi connectivity index (χ0n) is 14.4. The second-order valence-electron chi connectivity index (χ2n) is 7.57. The minimum atomic E-state index is -1.12. The van der Waals surface area contributed by atoms with Gasteiger partial charge < -0.3 is 4.74 Å². The lowest BCUT2D eigenvalue weighted by atomic mass is 9.56. The van der Waals surface area contributed by atoms with Crippen molar-refractivity contribution >= 4 is 11.6 Å². The minimum absolute atomic E-state index is 0.0584. The van der Waals surface area contributed by atoms with E-state index < -0.39 is 29.1 Å². The smallest absolute Gasteiger partial charge is 0.165 e. The van der Waals surface area contributed by atoms with E-state index in [1.165, 1.54) is 0 Å². The Kier molecular flexibility index (Phi) is 4.42. The molecule has 0 amide bonds. The van der Waals surface area contributed by atoms with Crippen molar-refractivity contribution < 1.29 is 17.9 Å². The van der Waals surface area contributed by atoms with Gasteiger partial charge in [0.05, 0.1) is 6.61 Å². The zero-order valence-corrected chi connectivity index (χ0v) is 15.2. The Morgan fingerprint density at radius 3 is 2.54 bits per heavy atom. The Bertz CT molecular complexity index is 823. The van der Waals surface area contributed by atoms with Crippen LogP contribution in [0.3, 0.4) is 0 Å². The highest BCUT2D eigenvalue weighted by Gasteiger charge is 2.54. The highest BCUT2D eigenvalue weighted by molar-refractivity contribution is 6.30. The highest BCUT2D eigenvalue weighted by Crippen LogP contribution is 2.55. The number of hydrogen-bond donors (Lipinski definition) is 0. The summed E-state index contributed by atoms with van der Waals surface area (Å²) in [7, 11) is 0. The van der Waals surface area contributed by atoms with Crippen molar-refractivity contribution in [3.8, 4) is 5.75 Å². The molecule has 0 spiro atoms.